The van der Waals surface area contributed by atoms with Crippen molar-refractivity contribution in [2.45, 2.75) is 50.7 Å². The first-order valence-corrected chi connectivity index (χ1v) is 7.20. The van der Waals surface area contributed by atoms with Crippen molar-refractivity contribution < 1.29 is 12.3 Å². The fourth-order valence-corrected chi connectivity index (χ4v) is 2.40. The van der Waals surface area contributed by atoms with Crippen molar-refractivity contribution in [1.29, 1.82) is 0 Å². The second-order valence-electron chi connectivity index (χ2n) is 4.66. The third kappa shape index (κ3) is 2.65. The molecule has 1 aromatic heterocycles. The molecule has 0 amide bonds. The molecule has 0 spiro atoms. The Balaban J connectivity index is 2.37. The van der Waals surface area contributed by atoms with E-state index in [9.17, 15) is 12.3 Å². The van der Waals surface area contributed by atoms with Gasteiger partial charge in [0.1, 0.15) is 5.82 Å². The Morgan fingerprint density at radius 3 is 2.59 bits per heavy atom. The van der Waals surface area contributed by atoms with Crippen LogP contribution in [0.2, 0.25) is 0 Å². The van der Waals surface area contributed by atoms with Crippen LogP contribution in [0.4, 0.5) is 3.89 Å². The third-order valence-corrected chi connectivity index (χ3v) is 3.81. The number of aromatic nitrogens is 3. The molecule has 0 N–H and O–H groups in total. The Labute approximate surface area is 100 Å². The number of rotatable bonds is 5. The van der Waals surface area contributed by atoms with Crippen LogP contribution in [0, 0.1) is 5.92 Å². The van der Waals surface area contributed by atoms with Crippen LogP contribution in [0.25, 0.3) is 0 Å². The van der Waals surface area contributed by atoms with Crippen LogP contribution in [-0.4, -0.2) is 23.2 Å². The van der Waals surface area contributed by atoms with E-state index in [2.05, 4.69) is 24.0 Å². The van der Waals surface area contributed by atoms with Gasteiger partial charge < -0.3 is 0 Å². The van der Waals surface area contributed by atoms with E-state index in [-0.39, 0.29) is 6.04 Å². The van der Waals surface area contributed by atoms with E-state index in [1.54, 1.807) is 0 Å². The van der Waals surface area contributed by atoms with Crippen molar-refractivity contribution in [2.75, 3.05) is 0 Å². The molecular weight excluding hydrogens is 245 g/mol. The summed E-state index contributed by atoms with van der Waals surface area (Å²) in [5.74, 6) is 0.963. The monoisotopic (exact) mass is 261 g/mol. The molecule has 1 aromatic rings. The molecule has 0 aromatic carbocycles. The molecule has 0 bridgehead atoms. The third-order valence-electron chi connectivity index (χ3n) is 3.09. The van der Waals surface area contributed by atoms with E-state index in [1.165, 1.54) is 4.57 Å². The zero-order valence-electron chi connectivity index (χ0n) is 9.93. The van der Waals surface area contributed by atoms with Crippen molar-refractivity contribution in [3.63, 3.8) is 0 Å². The number of halogens is 1. The van der Waals surface area contributed by atoms with Gasteiger partial charge in [0.15, 0.2) is 0 Å². The predicted octanol–water partition coefficient (Wildman–Crippen LogP) is 1.86. The van der Waals surface area contributed by atoms with Gasteiger partial charge in [0.2, 0.25) is 0 Å². The molecule has 2 rings (SSSR count). The zero-order chi connectivity index (χ0) is 12.6. The Bertz CT molecular complexity index is 508. The fourth-order valence-electron chi connectivity index (χ4n) is 1.77. The summed E-state index contributed by atoms with van der Waals surface area (Å²) >= 11 is 0. The van der Waals surface area contributed by atoms with E-state index in [0.29, 0.717) is 18.2 Å². The summed E-state index contributed by atoms with van der Waals surface area (Å²) in [5.41, 5.74) is 0. The average molecular weight is 261 g/mol. The van der Waals surface area contributed by atoms with Gasteiger partial charge >= 0.3 is 10.2 Å². The normalized spacial score (nSPS) is 18.3. The first kappa shape index (κ1) is 12.5. The molecule has 1 saturated carbocycles. The van der Waals surface area contributed by atoms with Gasteiger partial charge in [-0.1, -0.05) is 24.2 Å². The summed E-state index contributed by atoms with van der Waals surface area (Å²) in [6, 6.07) is 0.0598. The quantitative estimate of drug-likeness (QED) is 0.759. The lowest BCUT2D eigenvalue weighted by atomic mass is 10.1. The zero-order valence-corrected chi connectivity index (χ0v) is 10.7. The predicted molar refractivity (Wildman–Crippen MR) is 59.7 cm³/mol. The smallest absolute Gasteiger partial charge is 0.296 e. The van der Waals surface area contributed by atoms with Crippen LogP contribution in [0.5, 0.6) is 0 Å². The number of hydrogen-bond acceptors (Lipinski definition) is 4. The molecule has 1 unspecified atom stereocenters. The van der Waals surface area contributed by atoms with Crippen molar-refractivity contribution in [3.05, 3.63) is 5.82 Å². The Morgan fingerprint density at radius 2 is 2.12 bits per heavy atom. The summed E-state index contributed by atoms with van der Waals surface area (Å²) in [4.78, 5) is 0. The second-order valence-corrected chi connectivity index (χ2v) is 5.90. The number of hydrogen-bond donors (Lipinski definition) is 0. The summed E-state index contributed by atoms with van der Waals surface area (Å²) in [6.45, 7) is 4.10. The van der Waals surface area contributed by atoms with Crippen molar-refractivity contribution in [1.82, 2.24) is 14.8 Å². The van der Waals surface area contributed by atoms with Gasteiger partial charge in [0, 0.05) is 12.5 Å². The van der Waals surface area contributed by atoms with Crippen LogP contribution >= 0.6 is 0 Å². The van der Waals surface area contributed by atoms with E-state index in [1.807, 2.05) is 0 Å². The molecule has 1 fully saturated rings. The molecule has 1 heterocycles. The lowest BCUT2D eigenvalue weighted by Crippen LogP contribution is -2.11. The molecule has 0 radical (unpaired) electrons. The molecule has 1 atom stereocenters. The van der Waals surface area contributed by atoms with Crippen LogP contribution in [0.15, 0.2) is 5.16 Å². The molecule has 96 valence electrons. The SMILES string of the molecule is CCC(C)Cc1nnc(S(=O)(=O)F)n1C1CC1. The summed E-state index contributed by atoms with van der Waals surface area (Å²) in [7, 11) is -4.77. The van der Waals surface area contributed by atoms with Crippen LogP contribution in [0.1, 0.15) is 45.0 Å². The minimum Gasteiger partial charge on any atom is -0.296 e. The lowest BCUT2D eigenvalue weighted by molar-refractivity contribution is 0.496. The van der Waals surface area contributed by atoms with Crippen LogP contribution in [-0.2, 0) is 16.6 Å². The van der Waals surface area contributed by atoms with Crippen LogP contribution < -0.4 is 0 Å². The first-order valence-electron chi connectivity index (χ1n) is 5.82. The van der Waals surface area contributed by atoms with Gasteiger partial charge in [-0.25, -0.2) is 0 Å². The lowest BCUT2D eigenvalue weighted by Gasteiger charge is -2.10. The second kappa shape index (κ2) is 4.36. The maximum absolute atomic E-state index is 13.1. The maximum atomic E-state index is 13.1. The molecule has 5 nitrogen and oxygen atoms in total. The van der Waals surface area contributed by atoms with Gasteiger partial charge in [0.05, 0.1) is 0 Å². The van der Waals surface area contributed by atoms with Gasteiger partial charge in [0.25, 0.3) is 5.16 Å². The fraction of sp³-hybridized carbons (Fsp3) is 0.800. The van der Waals surface area contributed by atoms with E-state index in [0.717, 1.165) is 19.3 Å². The van der Waals surface area contributed by atoms with Gasteiger partial charge in [-0.2, -0.15) is 8.42 Å². The number of nitrogens with zero attached hydrogens (tertiary/aromatic N) is 3. The van der Waals surface area contributed by atoms with Gasteiger partial charge in [-0.15, -0.1) is 10.2 Å². The summed E-state index contributed by atoms with van der Waals surface area (Å²) < 4.78 is 36.4. The molecule has 1 aliphatic carbocycles. The molecule has 0 saturated heterocycles. The average Bonchev–Trinajstić information content (AvgIpc) is 2.98. The molecule has 7 heteroatoms. The summed E-state index contributed by atoms with van der Waals surface area (Å²) in [6.07, 6.45) is 3.34. The van der Waals surface area contributed by atoms with Crippen molar-refractivity contribution in [3.8, 4) is 0 Å². The minimum absolute atomic E-state index is 0.0598. The highest BCUT2D eigenvalue weighted by Crippen LogP contribution is 2.38. The largest absolute Gasteiger partial charge is 0.368 e. The summed E-state index contributed by atoms with van der Waals surface area (Å²) in [5, 5.41) is 6.78. The Kier molecular flexibility index (Phi) is 3.20. The Morgan fingerprint density at radius 1 is 1.47 bits per heavy atom. The van der Waals surface area contributed by atoms with Crippen LogP contribution in [0.3, 0.4) is 0 Å². The maximum Gasteiger partial charge on any atom is 0.368 e. The highest BCUT2D eigenvalue weighted by Gasteiger charge is 2.34. The highest BCUT2D eigenvalue weighted by molar-refractivity contribution is 7.86. The first-order chi connectivity index (χ1) is 7.93. The van der Waals surface area contributed by atoms with Crippen molar-refractivity contribution >= 4 is 10.2 Å². The Hall–Kier alpha value is -0.980. The van der Waals surface area contributed by atoms with Crippen molar-refractivity contribution in [2.24, 2.45) is 5.92 Å². The topological polar surface area (TPSA) is 64.8 Å². The van der Waals surface area contributed by atoms with E-state index < -0.39 is 15.4 Å². The minimum atomic E-state index is -4.77. The van der Waals surface area contributed by atoms with Gasteiger partial charge in [-0.3, -0.25) is 4.57 Å². The molecule has 17 heavy (non-hydrogen) atoms. The highest BCUT2D eigenvalue weighted by atomic mass is 32.3. The molecule has 1 aliphatic rings. The molecule has 0 aliphatic heterocycles. The van der Waals surface area contributed by atoms with E-state index in [4.69, 9.17) is 0 Å². The van der Waals surface area contributed by atoms with Gasteiger partial charge in [-0.05, 0) is 18.8 Å². The van der Waals surface area contributed by atoms with E-state index >= 15 is 0 Å². The molecular formula is C10H16FN3O2S. The standard InChI is InChI=1S/C10H16FN3O2S/c1-3-7(2)6-9-12-13-10(17(11,15)16)14(9)8-4-5-8/h7-8H,3-6H2,1-2H3.